The number of carboxylic acid groups (broad SMARTS) is 1. The number of nitrogens with zero attached hydrogens (tertiary/aromatic N) is 2. The Morgan fingerprint density at radius 2 is 2.05 bits per heavy atom. The van der Waals surface area contributed by atoms with Crippen LogP contribution >= 0.6 is 0 Å². The van der Waals surface area contributed by atoms with Crippen LogP contribution in [0.25, 0.3) is 0 Å². The highest BCUT2D eigenvalue weighted by Crippen LogP contribution is 2.19. The summed E-state index contributed by atoms with van der Waals surface area (Å²) in [4.78, 5) is 49.2. The molecular formula is C14H21N3O5. The lowest BCUT2D eigenvalue weighted by Gasteiger charge is -2.18. The number of hydrogen-bond donors (Lipinski definition) is 2. The lowest BCUT2D eigenvalue weighted by molar-refractivity contribution is -0.141. The van der Waals surface area contributed by atoms with Crippen molar-refractivity contribution in [1.82, 2.24) is 15.1 Å². The van der Waals surface area contributed by atoms with Gasteiger partial charge in [0.15, 0.2) is 0 Å². The van der Waals surface area contributed by atoms with Gasteiger partial charge in [0, 0.05) is 26.1 Å². The quantitative estimate of drug-likeness (QED) is 0.697. The van der Waals surface area contributed by atoms with E-state index in [1.807, 2.05) is 0 Å². The second kappa shape index (κ2) is 5.94. The molecule has 0 bridgehead atoms. The maximum absolute atomic E-state index is 12.0. The molecule has 0 radical (unpaired) electrons. The number of likely N-dealkylation sites (tertiary alicyclic amines) is 1. The molecular weight excluding hydrogens is 290 g/mol. The van der Waals surface area contributed by atoms with Crippen molar-refractivity contribution in [1.29, 1.82) is 0 Å². The second-order valence-electron chi connectivity index (χ2n) is 6.28. The van der Waals surface area contributed by atoms with Crippen molar-refractivity contribution in [2.45, 2.75) is 38.6 Å². The monoisotopic (exact) mass is 311 g/mol. The van der Waals surface area contributed by atoms with Crippen molar-refractivity contribution < 1.29 is 24.3 Å². The Balaban J connectivity index is 1.77. The smallest absolute Gasteiger partial charge is 0.325 e. The number of amides is 4. The lowest BCUT2D eigenvalue weighted by atomic mass is 10.1. The van der Waals surface area contributed by atoms with Crippen LogP contribution in [0.5, 0.6) is 0 Å². The zero-order valence-electron chi connectivity index (χ0n) is 12.8. The molecule has 0 aromatic rings. The van der Waals surface area contributed by atoms with Gasteiger partial charge in [0.1, 0.15) is 5.54 Å². The molecule has 0 spiro atoms. The highest BCUT2D eigenvalue weighted by atomic mass is 16.4. The van der Waals surface area contributed by atoms with Crippen molar-refractivity contribution in [2.75, 3.05) is 19.6 Å². The van der Waals surface area contributed by atoms with E-state index in [4.69, 9.17) is 5.11 Å². The van der Waals surface area contributed by atoms with E-state index in [1.165, 1.54) is 4.90 Å². The fourth-order valence-electron chi connectivity index (χ4n) is 2.76. The average Bonchev–Trinajstić information content (AvgIpc) is 2.97. The molecule has 0 aliphatic carbocycles. The molecule has 22 heavy (non-hydrogen) atoms. The van der Waals surface area contributed by atoms with E-state index in [2.05, 4.69) is 5.32 Å². The fraction of sp³-hybridized carbons (Fsp3) is 0.714. The van der Waals surface area contributed by atoms with Gasteiger partial charge in [-0.15, -0.1) is 0 Å². The highest BCUT2D eigenvalue weighted by Gasteiger charge is 2.43. The van der Waals surface area contributed by atoms with Gasteiger partial charge < -0.3 is 15.3 Å². The van der Waals surface area contributed by atoms with Crippen LogP contribution in [-0.2, 0) is 14.4 Å². The summed E-state index contributed by atoms with van der Waals surface area (Å²) < 4.78 is 0. The third-order valence-electron chi connectivity index (χ3n) is 4.11. The van der Waals surface area contributed by atoms with E-state index in [0.717, 1.165) is 4.90 Å². The number of aliphatic carboxylic acids is 1. The largest absolute Gasteiger partial charge is 0.481 e. The maximum Gasteiger partial charge on any atom is 0.325 e. The van der Waals surface area contributed by atoms with Crippen molar-refractivity contribution in [2.24, 2.45) is 5.92 Å². The molecule has 0 aromatic heterocycles. The molecule has 2 heterocycles. The first-order valence-electron chi connectivity index (χ1n) is 7.37. The topological polar surface area (TPSA) is 107 Å². The minimum Gasteiger partial charge on any atom is -0.481 e. The molecule has 122 valence electrons. The Bertz CT molecular complexity index is 517. The molecule has 0 unspecified atom stereocenters. The zero-order valence-corrected chi connectivity index (χ0v) is 12.8. The predicted octanol–water partition coefficient (Wildman–Crippen LogP) is 0.0301. The summed E-state index contributed by atoms with van der Waals surface area (Å²) in [5, 5.41) is 11.5. The summed E-state index contributed by atoms with van der Waals surface area (Å²) in [6.45, 7) is 4.15. The van der Waals surface area contributed by atoms with E-state index >= 15 is 0 Å². The molecule has 4 amide bonds. The van der Waals surface area contributed by atoms with Gasteiger partial charge in [0.05, 0.1) is 5.92 Å². The Hall–Kier alpha value is -2.12. The number of carbonyl (C=O) groups is 4. The summed E-state index contributed by atoms with van der Waals surface area (Å²) >= 11 is 0. The van der Waals surface area contributed by atoms with Gasteiger partial charge in [-0.2, -0.15) is 0 Å². The van der Waals surface area contributed by atoms with Crippen LogP contribution in [0.15, 0.2) is 0 Å². The van der Waals surface area contributed by atoms with Crippen LogP contribution in [0.1, 0.15) is 33.1 Å². The van der Waals surface area contributed by atoms with Crippen LogP contribution in [-0.4, -0.2) is 63.9 Å². The van der Waals surface area contributed by atoms with Gasteiger partial charge in [-0.05, 0) is 26.7 Å². The zero-order chi connectivity index (χ0) is 16.5. The Labute approximate surface area is 128 Å². The van der Waals surface area contributed by atoms with Crippen molar-refractivity contribution in [3.63, 3.8) is 0 Å². The molecule has 0 aromatic carbocycles. The van der Waals surface area contributed by atoms with E-state index < -0.39 is 23.5 Å². The van der Waals surface area contributed by atoms with Crippen molar-refractivity contribution in [3.8, 4) is 0 Å². The summed E-state index contributed by atoms with van der Waals surface area (Å²) in [6, 6.07) is -0.436. The summed E-state index contributed by atoms with van der Waals surface area (Å²) in [6.07, 6.45) is 1.05. The van der Waals surface area contributed by atoms with Crippen molar-refractivity contribution >= 4 is 23.8 Å². The third-order valence-corrected chi connectivity index (χ3v) is 4.11. The van der Waals surface area contributed by atoms with Gasteiger partial charge >= 0.3 is 12.0 Å². The Morgan fingerprint density at radius 3 is 2.55 bits per heavy atom. The lowest BCUT2D eigenvalue weighted by Crippen LogP contribution is -2.40. The summed E-state index contributed by atoms with van der Waals surface area (Å²) in [5.41, 5.74) is -0.898. The first kappa shape index (κ1) is 16.3. The van der Waals surface area contributed by atoms with Gasteiger partial charge in [-0.25, -0.2) is 4.79 Å². The molecule has 2 aliphatic heterocycles. The fourth-order valence-corrected chi connectivity index (χ4v) is 2.76. The van der Waals surface area contributed by atoms with E-state index in [1.54, 1.807) is 13.8 Å². The second-order valence-corrected chi connectivity index (χ2v) is 6.28. The van der Waals surface area contributed by atoms with Crippen LogP contribution < -0.4 is 5.32 Å². The molecule has 2 rings (SSSR count). The highest BCUT2D eigenvalue weighted by molar-refractivity contribution is 6.06. The van der Waals surface area contributed by atoms with Gasteiger partial charge in [0.25, 0.3) is 5.91 Å². The first-order valence-corrected chi connectivity index (χ1v) is 7.37. The molecule has 8 heteroatoms. The third kappa shape index (κ3) is 3.20. The number of hydrogen-bond acceptors (Lipinski definition) is 4. The van der Waals surface area contributed by atoms with Gasteiger partial charge in [0.2, 0.25) is 5.91 Å². The van der Waals surface area contributed by atoms with E-state index in [0.29, 0.717) is 19.4 Å². The van der Waals surface area contributed by atoms with Gasteiger partial charge in [-0.1, -0.05) is 0 Å². The average molecular weight is 311 g/mol. The van der Waals surface area contributed by atoms with Crippen molar-refractivity contribution in [3.05, 3.63) is 0 Å². The first-order chi connectivity index (χ1) is 10.2. The summed E-state index contributed by atoms with van der Waals surface area (Å²) in [5.74, 6) is -1.79. The molecule has 2 fully saturated rings. The maximum atomic E-state index is 12.0. The number of nitrogens with one attached hydrogen (secondary N) is 1. The van der Waals surface area contributed by atoms with Crippen LogP contribution in [0, 0.1) is 5.92 Å². The van der Waals surface area contributed by atoms with Crippen LogP contribution in [0.4, 0.5) is 4.79 Å². The molecule has 2 aliphatic rings. The molecule has 2 saturated heterocycles. The SMILES string of the molecule is CC1(C)NC(=O)N(CCCC(=O)N2CC[C@@H](C(=O)O)C2)C1=O. The minimum atomic E-state index is -0.898. The molecule has 1 atom stereocenters. The van der Waals surface area contributed by atoms with E-state index in [-0.39, 0.29) is 31.3 Å². The van der Waals surface area contributed by atoms with Crippen LogP contribution in [0.3, 0.4) is 0 Å². The standard InChI is InChI=1S/C14H21N3O5/c1-14(2)12(21)17(13(22)15-14)6-3-4-10(18)16-7-5-9(8-16)11(19)20/h9H,3-8H2,1-2H3,(H,15,22)(H,19,20)/t9-/m1/s1. The van der Waals surface area contributed by atoms with Gasteiger partial charge in [-0.3, -0.25) is 19.3 Å². The molecule has 0 saturated carbocycles. The molecule has 2 N–H and O–H groups in total. The minimum absolute atomic E-state index is 0.130. The Kier molecular flexibility index (Phi) is 4.39. The number of carbonyl (C=O) groups excluding carboxylic acids is 3. The molecule has 8 nitrogen and oxygen atoms in total. The Morgan fingerprint density at radius 1 is 1.36 bits per heavy atom. The number of rotatable bonds is 5. The number of imide groups is 1. The van der Waals surface area contributed by atoms with Crippen LogP contribution in [0.2, 0.25) is 0 Å². The summed E-state index contributed by atoms with van der Waals surface area (Å²) in [7, 11) is 0. The predicted molar refractivity (Wildman–Crippen MR) is 75.9 cm³/mol. The normalized spacial score (nSPS) is 23.8. The van der Waals surface area contributed by atoms with E-state index in [9.17, 15) is 19.2 Å². The number of urea groups is 1. The number of carboxylic acids is 1.